The molecule has 0 aromatic carbocycles. The van der Waals surface area contributed by atoms with Crippen LogP contribution in [0.25, 0.3) is 0 Å². The molecule has 0 heterocycles. The molecule has 0 rings (SSSR count). The standard InChI is InChI=1S/C14H26N2O5P2/c1-13(2)16(14(3)4)22(20-10-7-9-15)21-11-8-12-23(17,18-5)19-6/h13-14H,7,10,12H2,1-6H3. The Bertz CT molecular complexity index is 466. The molecule has 1 unspecified atom stereocenters. The Hall–Kier alpha value is -0.650. The van der Waals surface area contributed by atoms with Crippen LogP contribution in [0.2, 0.25) is 0 Å². The summed E-state index contributed by atoms with van der Waals surface area (Å²) < 4.78 is 34.7. The van der Waals surface area contributed by atoms with Crippen molar-refractivity contribution in [1.82, 2.24) is 4.67 Å². The van der Waals surface area contributed by atoms with Crippen molar-refractivity contribution in [2.24, 2.45) is 0 Å². The average molecular weight is 364 g/mol. The molecular weight excluding hydrogens is 338 g/mol. The van der Waals surface area contributed by atoms with Crippen LogP contribution in [0.1, 0.15) is 34.1 Å². The summed E-state index contributed by atoms with van der Waals surface area (Å²) in [7, 11) is -1.99. The molecule has 23 heavy (non-hydrogen) atoms. The van der Waals surface area contributed by atoms with Crippen LogP contribution in [-0.2, 0) is 22.7 Å². The predicted octanol–water partition coefficient (Wildman–Crippen LogP) is 3.73. The van der Waals surface area contributed by atoms with Gasteiger partial charge in [0, 0.05) is 26.3 Å². The van der Waals surface area contributed by atoms with Gasteiger partial charge in [-0.15, -0.1) is 0 Å². The lowest BCUT2D eigenvalue weighted by molar-refractivity contribution is 0.213. The van der Waals surface area contributed by atoms with E-state index >= 15 is 0 Å². The normalized spacial score (nSPS) is 12.9. The maximum atomic E-state index is 11.9. The monoisotopic (exact) mass is 364 g/mol. The molecule has 0 spiro atoms. The zero-order valence-corrected chi connectivity index (χ0v) is 16.4. The fourth-order valence-corrected chi connectivity index (χ4v) is 3.78. The van der Waals surface area contributed by atoms with Crippen LogP contribution in [0, 0.1) is 23.4 Å². The zero-order valence-electron chi connectivity index (χ0n) is 14.6. The van der Waals surface area contributed by atoms with Gasteiger partial charge >= 0.3 is 16.1 Å². The number of rotatable bonds is 10. The molecule has 0 N–H and O–H groups in total. The second kappa shape index (κ2) is 11.8. The van der Waals surface area contributed by atoms with Gasteiger partial charge in [0.1, 0.15) is 12.3 Å². The largest absolute Gasteiger partial charge is 0.382 e. The Morgan fingerprint density at radius 3 is 2.17 bits per heavy atom. The van der Waals surface area contributed by atoms with Gasteiger partial charge in [-0.3, -0.25) is 4.57 Å². The van der Waals surface area contributed by atoms with Crippen molar-refractivity contribution in [3.8, 4) is 18.1 Å². The first-order valence-electron chi connectivity index (χ1n) is 7.24. The van der Waals surface area contributed by atoms with E-state index < -0.39 is 16.1 Å². The van der Waals surface area contributed by atoms with Gasteiger partial charge in [0.15, 0.2) is 0 Å². The quantitative estimate of drug-likeness (QED) is 0.332. The Kier molecular flexibility index (Phi) is 11.5. The lowest BCUT2D eigenvalue weighted by Gasteiger charge is -2.33. The van der Waals surface area contributed by atoms with Crippen molar-refractivity contribution in [1.29, 1.82) is 5.26 Å². The molecule has 0 fully saturated rings. The highest BCUT2D eigenvalue weighted by atomic mass is 31.2. The summed E-state index contributed by atoms with van der Waals surface area (Å²) in [6, 6.07) is 2.41. The molecule has 0 aromatic heterocycles. The van der Waals surface area contributed by atoms with Crippen molar-refractivity contribution >= 4 is 16.1 Å². The Morgan fingerprint density at radius 1 is 1.17 bits per heavy atom. The minimum atomic E-state index is -3.17. The smallest absolute Gasteiger partial charge is 0.342 e. The summed E-state index contributed by atoms with van der Waals surface area (Å²) in [6.07, 6.45) is 2.74. The Balaban J connectivity index is 4.90. The van der Waals surface area contributed by atoms with Crippen molar-refractivity contribution in [2.75, 3.05) is 27.0 Å². The highest BCUT2D eigenvalue weighted by Crippen LogP contribution is 2.47. The molecule has 1 atom stereocenters. The molecule has 0 aliphatic heterocycles. The highest BCUT2D eigenvalue weighted by molar-refractivity contribution is 7.54. The first-order chi connectivity index (χ1) is 10.8. The Labute approximate surface area is 140 Å². The molecule has 9 heteroatoms. The van der Waals surface area contributed by atoms with E-state index in [1.54, 1.807) is 0 Å². The maximum absolute atomic E-state index is 11.9. The van der Waals surface area contributed by atoms with Crippen LogP contribution < -0.4 is 0 Å². The van der Waals surface area contributed by atoms with Crippen LogP contribution in [0.4, 0.5) is 0 Å². The second-order valence-electron chi connectivity index (χ2n) is 5.05. The third kappa shape index (κ3) is 8.68. The van der Waals surface area contributed by atoms with Gasteiger partial charge in [0.2, 0.25) is 0 Å². The van der Waals surface area contributed by atoms with E-state index in [4.69, 9.17) is 23.4 Å². The van der Waals surface area contributed by atoms with E-state index in [0.29, 0.717) is 0 Å². The van der Waals surface area contributed by atoms with E-state index in [0.717, 1.165) is 0 Å². The van der Waals surface area contributed by atoms with E-state index in [1.165, 1.54) is 14.2 Å². The van der Waals surface area contributed by atoms with E-state index in [2.05, 4.69) is 12.0 Å². The number of nitrogens with zero attached hydrogens (tertiary/aromatic N) is 2. The minimum Gasteiger partial charge on any atom is -0.382 e. The number of hydrogen-bond acceptors (Lipinski definition) is 7. The lowest BCUT2D eigenvalue weighted by atomic mass is 10.3. The molecular formula is C14H26N2O5P2. The fourth-order valence-electron chi connectivity index (χ4n) is 1.69. The summed E-state index contributed by atoms with van der Waals surface area (Å²) in [5, 5.41) is 8.63. The third-order valence-electron chi connectivity index (χ3n) is 2.69. The molecule has 0 aliphatic rings. The van der Waals surface area contributed by atoms with Crippen LogP contribution in [0.5, 0.6) is 0 Å². The van der Waals surface area contributed by atoms with Crippen LogP contribution in [-0.4, -0.2) is 43.7 Å². The number of hydrogen-bond donors (Lipinski definition) is 0. The summed E-state index contributed by atoms with van der Waals surface area (Å²) in [6.45, 7) is 8.40. The van der Waals surface area contributed by atoms with Crippen LogP contribution >= 0.6 is 16.1 Å². The van der Waals surface area contributed by atoms with Crippen molar-refractivity contribution < 1.29 is 22.7 Å². The predicted molar refractivity (Wildman–Crippen MR) is 90.6 cm³/mol. The van der Waals surface area contributed by atoms with Gasteiger partial charge in [0.05, 0.1) is 19.1 Å². The summed E-state index contributed by atoms with van der Waals surface area (Å²) >= 11 is 0. The number of nitriles is 1. The lowest BCUT2D eigenvalue weighted by Crippen LogP contribution is -2.33. The summed E-state index contributed by atoms with van der Waals surface area (Å²) in [5.74, 6) is 2.64. The SMILES string of the molecule is COP(=O)(CC#COP(OCCC#N)N(C(C)C)C(C)C)OC. The molecule has 0 amide bonds. The molecule has 0 saturated heterocycles. The summed E-state index contributed by atoms with van der Waals surface area (Å²) in [4.78, 5) is 0. The zero-order chi connectivity index (χ0) is 17.9. The molecule has 0 aromatic rings. The van der Waals surface area contributed by atoms with Gasteiger partial charge < -0.3 is 18.1 Å². The van der Waals surface area contributed by atoms with E-state index in [9.17, 15) is 4.57 Å². The minimum absolute atomic E-state index is 0.0648. The molecule has 0 bridgehead atoms. The van der Waals surface area contributed by atoms with Crippen LogP contribution in [0.15, 0.2) is 0 Å². The molecule has 132 valence electrons. The van der Waals surface area contributed by atoms with E-state index in [1.807, 2.05) is 38.4 Å². The van der Waals surface area contributed by atoms with E-state index in [-0.39, 0.29) is 31.3 Å². The first-order valence-corrected chi connectivity index (χ1v) is 10.1. The van der Waals surface area contributed by atoms with Crippen molar-refractivity contribution in [2.45, 2.75) is 46.2 Å². The third-order valence-corrected chi connectivity index (χ3v) is 6.30. The van der Waals surface area contributed by atoms with Gasteiger partial charge in [-0.25, -0.2) is 4.67 Å². The average Bonchev–Trinajstić information content (AvgIpc) is 2.50. The van der Waals surface area contributed by atoms with Crippen molar-refractivity contribution in [3.05, 3.63) is 0 Å². The second-order valence-corrected chi connectivity index (χ2v) is 8.70. The molecule has 0 saturated carbocycles. The maximum Gasteiger partial charge on any atom is 0.342 e. The van der Waals surface area contributed by atoms with Gasteiger partial charge in [-0.05, 0) is 33.6 Å². The Morgan fingerprint density at radius 2 is 1.74 bits per heavy atom. The highest BCUT2D eigenvalue weighted by Gasteiger charge is 2.28. The van der Waals surface area contributed by atoms with Gasteiger partial charge in [0.25, 0.3) is 0 Å². The van der Waals surface area contributed by atoms with Gasteiger partial charge in [-0.1, -0.05) is 0 Å². The van der Waals surface area contributed by atoms with Crippen molar-refractivity contribution in [3.63, 3.8) is 0 Å². The first kappa shape index (κ1) is 22.4. The molecule has 0 radical (unpaired) electrons. The molecule has 0 aliphatic carbocycles. The van der Waals surface area contributed by atoms with Gasteiger partial charge in [-0.2, -0.15) is 5.26 Å². The fraction of sp³-hybridized carbons (Fsp3) is 0.786. The topological polar surface area (TPSA) is 81.0 Å². The van der Waals surface area contributed by atoms with Crippen LogP contribution in [0.3, 0.4) is 0 Å². The molecule has 7 nitrogen and oxygen atoms in total. The summed E-state index contributed by atoms with van der Waals surface area (Å²) in [5.41, 5.74) is 0.